The molecule has 0 aromatic heterocycles. The van der Waals surface area contributed by atoms with Crippen molar-refractivity contribution in [1.82, 2.24) is 0 Å². The second kappa shape index (κ2) is 56.2. The van der Waals surface area contributed by atoms with Crippen LogP contribution in [-0.2, 0) is 28.6 Å². The molecule has 0 amide bonds. The molecule has 0 aliphatic carbocycles. The maximum atomic E-state index is 12.8. The first-order chi connectivity index (χ1) is 33.5. The van der Waals surface area contributed by atoms with Crippen molar-refractivity contribution in [3.8, 4) is 0 Å². The molecule has 0 aromatic rings. The second-order valence-corrected chi connectivity index (χ2v) is 18.8. The van der Waals surface area contributed by atoms with Crippen molar-refractivity contribution in [3.05, 3.63) is 85.1 Å². The number of allylic oxidation sites excluding steroid dienone is 14. The van der Waals surface area contributed by atoms with Gasteiger partial charge in [0.05, 0.1) is 0 Å². The van der Waals surface area contributed by atoms with Crippen molar-refractivity contribution in [1.29, 1.82) is 0 Å². The Bertz CT molecular complexity index is 1320. The number of esters is 3. The summed E-state index contributed by atoms with van der Waals surface area (Å²) in [7, 11) is 0. The Kier molecular flexibility index (Phi) is 53.4. The van der Waals surface area contributed by atoms with Gasteiger partial charge in [-0.3, -0.25) is 14.4 Å². The van der Waals surface area contributed by atoms with E-state index in [0.29, 0.717) is 19.3 Å². The van der Waals surface area contributed by atoms with E-state index in [1.165, 1.54) is 116 Å². The van der Waals surface area contributed by atoms with Gasteiger partial charge in [0.15, 0.2) is 6.10 Å². The van der Waals surface area contributed by atoms with E-state index in [2.05, 4.69) is 106 Å². The Labute approximate surface area is 420 Å². The third kappa shape index (κ3) is 53.5. The first-order valence-corrected chi connectivity index (χ1v) is 28.6. The second-order valence-electron chi connectivity index (χ2n) is 18.8. The fourth-order valence-electron chi connectivity index (χ4n) is 7.81. The largest absolute Gasteiger partial charge is 0.462 e. The summed E-state index contributed by atoms with van der Waals surface area (Å²) in [5, 5.41) is 0. The summed E-state index contributed by atoms with van der Waals surface area (Å²) in [5.41, 5.74) is 0. The smallest absolute Gasteiger partial charge is 0.306 e. The van der Waals surface area contributed by atoms with Crippen LogP contribution in [0.1, 0.15) is 271 Å². The minimum absolute atomic E-state index is 0.0933. The molecule has 0 N–H and O–H groups in total. The number of rotatable bonds is 51. The molecule has 1 unspecified atom stereocenters. The van der Waals surface area contributed by atoms with Gasteiger partial charge in [-0.05, 0) is 116 Å². The lowest BCUT2D eigenvalue weighted by Gasteiger charge is -2.18. The monoisotopic (exact) mass is 947 g/mol. The van der Waals surface area contributed by atoms with Gasteiger partial charge in [0.2, 0.25) is 0 Å². The molecule has 0 spiro atoms. The molecule has 0 aromatic carbocycles. The predicted octanol–water partition coefficient (Wildman–Crippen LogP) is 19.2. The maximum Gasteiger partial charge on any atom is 0.306 e. The number of hydrogen-bond donors (Lipinski definition) is 0. The van der Waals surface area contributed by atoms with E-state index in [1.807, 2.05) is 0 Å². The molecular weight excluding hydrogens is 841 g/mol. The molecule has 0 radical (unpaired) electrons. The van der Waals surface area contributed by atoms with Crippen molar-refractivity contribution >= 4 is 17.9 Å². The molecule has 0 saturated carbocycles. The molecule has 0 heterocycles. The van der Waals surface area contributed by atoms with Gasteiger partial charge in [-0.15, -0.1) is 0 Å². The fourth-order valence-corrected chi connectivity index (χ4v) is 7.81. The van der Waals surface area contributed by atoms with Gasteiger partial charge < -0.3 is 14.2 Å². The Hall–Kier alpha value is -3.41. The highest BCUT2D eigenvalue weighted by Crippen LogP contribution is 2.14. The molecule has 0 bridgehead atoms. The SMILES string of the molecule is CC/C=C\C/C=C\C/C=C\CCCCCC(=O)OCC(COC(=O)CCCCCCCCCC/C=C\C/C=C\C/C=C\CCCCCCC)OC(=O)CCCCCCC/C=C\CCCCCCC. The Morgan fingerprint density at radius 1 is 0.309 bits per heavy atom. The average Bonchev–Trinajstić information content (AvgIpc) is 3.34. The third-order valence-electron chi connectivity index (χ3n) is 12.1. The van der Waals surface area contributed by atoms with Crippen LogP contribution in [0.5, 0.6) is 0 Å². The van der Waals surface area contributed by atoms with Gasteiger partial charge in [0.25, 0.3) is 0 Å². The first kappa shape index (κ1) is 64.6. The van der Waals surface area contributed by atoms with Gasteiger partial charge in [0, 0.05) is 19.3 Å². The van der Waals surface area contributed by atoms with E-state index in [-0.39, 0.29) is 31.1 Å². The van der Waals surface area contributed by atoms with Gasteiger partial charge in [0.1, 0.15) is 13.2 Å². The van der Waals surface area contributed by atoms with Crippen LogP contribution in [0.4, 0.5) is 0 Å². The highest BCUT2D eigenvalue weighted by Gasteiger charge is 2.19. The molecule has 68 heavy (non-hydrogen) atoms. The maximum absolute atomic E-state index is 12.8. The lowest BCUT2D eigenvalue weighted by Crippen LogP contribution is -2.30. The van der Waals surface area contributed by atoms with Crippen LogP contribution in [0.2, 0.25) is 0 Å². The minimum Gasteiger partial charge on any atom is -0.462 e. The molecule has 0 saturated heterocycles. The summed E-state index contributed by atoms with van der Waals surface area (Å²) in [6.45, 7) is 6.47. The molecule has 0 fully saturated rings. The summed E-state index contributed by atoms with van der Waals surface area (Å²) >= 11 is 0. The zero-order chi connectivity index (χ0) is 49.3. The highest BCUT2D eigenvalue weighted by molar-refractivity contribution is 5.71. The van der Waals surface area contributed by atoms with E-state index in [9.17, 15) is 14.4 Å². The zero-order valence-electron chi connectivity index (χ0n) is 44.6. The minimum atomic E-state index is -0.796. The number of ether oxygens (including phenoxy) is 3. The van der Waals surface area contributed by atoms with Crippen LogP contribution < -0.4 is 0 Å². The zero-order valence-corrected chi connectivity index (χ0v) is 44.6. The van der Waals surface area contributed by atoms with Crippen molar-refractivity contribution in [2.45, 2.75) is 277 Å². The summed E-state index contributed by atoms with van der Waals surface area (Å²) < 4.78 is 16.8. The lowest BCUT2D eigenvalue weighted by molar-refractivity contribution is -0.167. The lowest BCUT2D eigenvalue weighted by atomic mass is 10.1. The Morgan fingerprint density at radius 3 is 0.926 bits per heavy atom. The van der Waals surface area contributed by atoms with Crippen LogP contribution in [0.25, 0.3) is 0 Å². The number of unbranched alkanes of at least 4 members (excludes halogenated alkanes) is 26. The quantitative estimate of drug-likeness (QED) is 0.0262. The van der Waals surface area contributed by atoms with Crippen LogP contribution in [0.15, 0.2) is 85.1 Å². The molecule has 0 aliphatic heterocycles. The van der Waals surface area contributed by atoms with E-state index in [0.717, 1.165) is 116 Å². The molecule has 0 rings (SSSR count). The van der Waals surface area contributed by atoms with E-state index in [1.54, 1.807) is 0 Å². The molecule has 390 valence electrons. The normalized spacial score (nSPS) is 12.7. The molecule has 0 aliphatic rings. The van der Waals surface area contributed by atoms with E-state index in [4.69, 9.17) is 14.2 Å². The first-order valence-electron chi connectivity index (χ1n) is 28.6. The molecular formula is C62H106O6. The topological polar surface area (TPSA) is 78.9 Å². The summed E-state index contributed by atoms with van der Waals surface area (Å²) in [5.74, 6) is -0.936. The van der Waals surface area contributed by atoms with Crippen molar-refractivity contribution in [2.75, 3.05) is 13.2 Å². The number of hydrogen-bond acceptors (Lipinski definition) is 6. The van der Waals surface area contributed by atoms with Crippen LogP contribution in [0, 0.1) is 0 Å². The van der Waals surface area contributed by atoms with Crippen LogP contribution in [-0.4, -0.2) is 37.2 Å². The molecule has 1 atom stereocenters. The molecule has 6 heteroatoms. The third-order valence-corrected chi connectivity index (χ3v) is 12.1. The average molecular weight is 948 g/mol. The standard InChI is InChI=1S/C62H106O6/c1-4-7-10-13-16-19-22-25-27-28-29-30-31-32-33-34-35-38-40-43-46-49-52-55-61(64)67-58-59(57-66-60(63)54-51-48-45-42-39-36-24-21-18-15-12-9-6-3)68-62(65)56-53-50-47-44-41-37-26-23-20-17-14-11-8-5-2/h9,12,18,21-23,25-26,28-29,31-32,36,39,59H,4-8,10-11,13-17,19-20,24,27,30,33-35,37-38,40-58H2,1-3H3/b12-9-,21-18-,25-22-,26-23-,29-28-,32-31-,39-36-. The van der Waals surface area contributed by atoms with Crippen molar-refractivity contribution < 1.29 is 28.6 Å². The van der Waals surface area contributed by atoms with E-state index >= 15 is 0 Å². The number of carbonyl (C=O) groups is 3. The van der Waals surface area contributed by atoms with E-state index < -0.39 is 6.10 Å². The van der Waals surface area contributed by atoms with Gasteiger partial charge >= 0.3 is 17.9 Å². The number of carbonyl (C=O) groups excluding carboxylic acids is 3. The highest BCUT2D eigenvalue weighted by atomic mass is 16.6. The van der Waals surface area contributed by atoms with Crippen molar-refractivity contribution in [2.24, 2.45) is 0 Å². The Morgan fingerprint density at radius 2 is 0.574 bits per heavy atom. The predicted molar refractivity (Wildman–Crippen MR) is 293 cm³/mol. The van der Waals surface area contributed by atoms with Crippen LogP contribution in [0.3, 0.4) is 0 Å². The van der Waals surface area contributed by atoms with Gasteiger partial charge in [-0.25, -0.2) is 0 Å². The summed E-state index contributed by atoms with van der Waals surface area (Å²) in [6, 6.07) is 0. The van der Waals surface area contributed by atoms with Crippen molar-refractivity contribution in [3.63, 3.8) is 0 Å². The van der Waals surface area contributed by atoms with Gasteiger partial charge in [-0.1, -0.05) is 221 Å². The van der Waals surface area contributed by atoms with Gasteiger partial charge in [-0.2, -0.15) is 0 Å². The Balaban J connectivity index is 4.37. The van der Waals surface area contributed by atoms with Crippen LogP contribution >= 0.6 is 0 Å². The summed E-state index contributed by atoms with van der Waals surface area (Å²) in [4.78, 5) is 38.1. The molecule has 6 nitrogen and oxygen atoms in total. The summed E-state index contributed by atoms with van der Waals surface area (Å²) in [6.07, 6.45) is 72.9. The fraction of sp³-hybridized carbons (Fsp3) is 0.726.